The van der Waals surface area contributed by atoms with Gasteiger partial charge in [-0.25, -0.2) is 0 Å². The zero-order chi connectivity index (χ0) is 16.2. The Morgan fingerprint density at radius 2 is 2.13 bits per heavy atom. The van der Waals surface area contributed by atoms with Gasteiger partial charge in [0.15, 0.2) is 17.3 Å². The Morgan fingerprint density at radius 1 is 1.26 bits per heavy atom. The topological polar surface area (TPSA) is 56.8 Å². The number of anilines is 1. The second-order valence-corrected chi connectivity index (χ2v) is 5.40. The molecule has 0 aromatic heterocycles. The fourth-order valence-corrected chi connectivity index (χ4v) is 2.54. The number of ether oxygens (including phenoxy) is 3. The summed E-state index contributed by atoms with van der Waals surface area (Å²) < 4.78 is 40.5. The Morgan fingerprint density at radius 3 is 2.78 bits per heavy atom. The molecule has 0 amide bonds. The number of benzene rings is 1. The molecule has 0 spiro atoms. The van der Waals surface area contributed by atoms with E-state index in [1.165, 1.54) is 6.07 Å². The maximum absolute atomic E-state index is 12.5. The van der Waals surface area contributed by atoms with Crippen LogP contribution in [0.3, 0.4) is 0 Å². The minimum Gasteiger partial charge on any atom is -0.484 e. The van der Waals surface area contributed by atoms with E-state index in [0.717, 1.165) is 5.70 Å². The molecule has 0 bridgehead atoms. The summed E-state index contributed by atoms with van der Waals surface area (Å²) in [6, 6.07) is 4.63. The van der Waals surface area contributed by atoms with E-state index >= 15 is 0 Å². The predicted molar refractivity (Wildman–Crippen MR) is 78.9 cm³/mol. The van der Waals surface area contributed by atoms with Crippen LogP contribution in [0, 0.1) is 0 Å². The van der Waals surface area contributed by atoms with Crippen molar-refractivity contribution in [3.63, 3.8) is 0 Å². The molecule has 1 atom stereocenters. The summed E-state index contributed by atoms with van der Waals surface area (Å²) in [5.74, 6) is 0.286. The number of carbonyl (C=O) groups excluding carboxylic acids is 1. The van der Waals surface area contributed by atoms with Crippen LogP contribution in [-0.2, 0) is 9.53 Å². The third-order valence-electron chi connectivity index (χ3n) is 3.62. The van der Waals surface area contributed by atoms with Crippen LogP contribution < -0.4 is 14.8 Å². The first-order valence-corrected chi connectivity index (χ1v) is 7.44. The van der Waals surface area contributed by atoms with E-state index in [1.807, 2.05) is 0 Å². The first-order valence-electron chi connectivity index (χ1n) is 7.44. The van der Waals surface area contributed by atoms with Crippen LogP contribution in [0.4, 0.5) is 14.5 Å². The van der Waals surface area contributed by atoms with Crippen molar-refractivity contribution in [2.24, 2.45) is 0 Å². The highest BCUT2D eigenvalue weighted by Crippen LogP contribution is 2.34. The number of alkyl halides is 2. The van der Waals surface area contributed by atoms with Crippen molar-refractivity contribution in [3.8, 4) is 11.5 Å². The third kappa shape index (κ3) is 4.19. The van der Waals surface area contributed by atoms with Gasteiger partial charge in [0.25, 0.3) is 0 Å². The summed E-state index contributed by atoms with van der Waals surface area (Å²) in [5.41, 5.74) is 1.45. The summed E-state index contributed by atoms with van der Waals surface area (Å²) >= 11 is 0. The van der Waals surface area contributed by atoms with E-state index in [9.17, 15) is 13.6 Å². The Hall–Kier alpha value is -2.15. The van der Waals surface area contributed by atoms with E-state index in [0.29, 0.717) is 38.2 Å². The molecule has 0 saturated carbocycles. The Balaban J connectivity index is 1.78. The lowest BCUT2D eigenvalue weighted by Gasteiger charge is -2.17. The van der Waals surface area contributed by atoms with Crippen LogP contribution in [-0.4, -0.2) is 31.7 Å². The van der Waals surface area contributed by atoms with Gasteiger partial charge in [-0.1, -0.05) is 0 Å². The number of nitrogens with one attached hydrogen (secondary N) is 1. The molecular weight excluding hydrogens is 308 g/mol. The highest BCUT2D eigenvalue weighted by molar-refractivity contribution is 5.93. The molecule has 1 aromatic carbocycles. The molecule has 7 heteroatoms. The van der Waals surface area contributed by atoms with Gasteiger partial charge in [0.1, 0.15) is 6.10 Å². The second kappa shape index (κ2) is 6.95. The van der Waals surface area contributed by atoms with Gasteiger partial charge in [-0.2, -0.15) is 8.78 Å². The number of hydrogen-bond acceptors (Lipinski definition) is 5. The SMILES string of the molecule is O=C1C=C(Nc2ccc(OC(F)F)c(O[C@@H]3CCOC3)c2)CC1. The molecule has 1 aliphatic heterocycles. The lowest BCUT2D eigenvalue weighted by atomic mass is 10.2. The average molecular weight is 325 g/mol. The smallest absolute Gasteiger partial charge is 0.387 e. The van der Waals surface area contributed by atoms with Crippen molar-refractivity contribution < 1.29 is 27.8 Å². The van der Waals surface area contributed by atoms with Crippen LogP contribution in [0.5, 0.6) is 11.5 Å². The zero-order valence-corrected chi connectivity index (χ0v) is 12.4. The van der Waals surface area contributed by atoms with Gasteiger partial charge >= 0.3 is 6.61 Å². The number of ketones is 1. The van der Waals surface area contributed by atoms with Crippen LogP contribution >= 0.6 is 0 Å². The lowest BCUT2D eigenvalue weighted by Crippen LogP contribution is -2.17. The molecule has 1 aromatic rings. The molecule has 1 aliphatic carbocycles. The normalized spacial score (nSPS) is 20.7. The molecule has 3 rings (SSSR count). The number of hydrogen-bond donors (Lipinski definition) is 1. The van der Waals surface area contributed by atoms with E-state index in [1.54, 1.807) is 18.2 Å². The molecular formula is C16H17F2NO4. The van der Waals surface area contributed by atoms with Gasteiger partial charge in [0, 0.05) is 36.4 Å². The summed E-state index contributed by atoms with van der Waals surface area (Å²) in [4.78, 5) is 11.3. The van der Waals surface area contributed by atoms with Crippen molar-refractivity contribution in [1.82, 2.24) is 0 Å². The Kier molecular flexibility index (Phi) is 4.76. The van der Waals surface area contributed by atoms with E-state index in [4.69, 9.17) is 9.47 Å². The molecule has 1 fully saturated rings. The van der Waals surface area contributed by atoms with Crippen LogP contribution in [0.2, 0.25) is 0 Å². The van der Waals surface area contributed by atoms with Crippen LogP contribution in [0.1, 0.15) is 19.3 Å². The van der Waals surface area contributed by atoms with Crippen molar-refractivity contribution in [3.05, 3.63) is 30.0 Å². The average Bonchev–Trinajstić information content (AvgIpc) is 3.13. The molecule has 1 saturated heterocycles. The van der Waals surface area contributed by atoms with E-state index in [-0.39, 0.29) is 23.4 Å². The molecule has 1 heterocycles. The highest BCUT2D eigenvalue weighted by atomic mass is 19.3. The summed E-state index contributed by atoms with van der Waals surface area (Å²) in [5, 5.41) is 3.10. The van der Waals surface area contributed by atoms with Gasteiger partial charge in [0.2, 0.25) is 0 Å². The first kappa shape index (κ1) is 15.7. The van der Waals surface area contributed by atoms with Crippen molar-refractivity contribution in [1.29, 1.82) is 0 Å². The maximum Gasteiger partial charge on any atom is 0.387 e. The number of allylic oxidation sites excluding steroid dienone is 2. The van der Waals surface area contributed by atoms with Crippen molar-refractivity contribution in [2.75, 3.05) is 18.5 Å². The second-order valence-electron chi connectivity index (χ2n) is 5.40. The highest BCUT2D eigenvalue weighted by Gasteiger charge is 2.21. The zero-order valence-electron chi connectivity index (χ0n) is 12.4. The molecule has 1 N–H and O–H groups in total. The van der Waals surface area contributed by atoms with Crippen LogP contribution in [0.15, 0.2) is 30.0 Å². The predicted octanol–water partition coefficient (Wildman–Crippen LogP) is 3.11. The molecule has 0 radical (unpaired) electrons. The Labute approximate surface area is 132 Å². The molecule has 5 nitrogen and oxygen atoms in total. The third-order valence-corrected chi connectivity index (χ3v) is 3.62. The number of rotatable bonds is 6. The fraction of sp³-hybridized carbons (Fsp3) is 0.438. The minimum absolute atomic E-state index is 0.0195. The molecule has 2 aliphatic rings. The van der Waals surface area contributed by atoms with E-state index < -0.39 is 6.61 Å². The Bertz CT molecular complexity index is 612. The molecule has 0 unspecified atom stereocenters. The lowest BCUT2D eigenvalue weighted by molar-refractivity contribution is -0.114. The van der Waals surface area contributed by atoms with Gasteiger partial charge in [0.05, 0.1) is 13.2 Å². The van der Waals surface area contributed by atoms with Crippen molar-refractivity contribution >= 4 is 11.5 Å². The van der Waals surface area contributed by atoms with E-state index in [2.05, 4.69) is 10.1 Å². The maximum atomic E-state index is 12.5. The van der Waals surface area contributed by atoms with Crippen LogP contribution in [0.25, 0.3) is 0 Å². The largest absolute Gasteiger partial charge is 0.484 e. The summed E-state index contributed by atoms with van der Waals surface area (Å²) in [6.45, 7) is -1.92. The quantitative estimate of drug-likeness (QED) is 0.871. The summed E-state index contributed by atoms with van der Waals surface area (Å²) in [6.07, 6.45) is 3.19. The monoisotopic (exact) mass is 325 g/mol. The van der Waals surface area contributed by atoms with Gasteiger partial charge in [-0.3, -0.25) is 4.79 Å². The van der Waals surface area contributed by atoms with Gasteiger partial charge in [-0.15, -0.1) is 0 Å². The fourth-order valence-electron chi connectivity index (χ4n) is 2.54. The van der Waals surface area contributed by atoms with Gasteiger partial charge < -0.3 is 19.5 Å². The van der Waals surface area contributed by atoms with Crippen molar-refractivity contribution in [2.45, 2.75) is 32.0 Å². The number of halogens is 2. The first-order chi connectivity index (χ1) is 11.1. The number of carbonyl (C=O) groups is 1. The molecule has 23 heavy (non-hydrogen) atoms. The van der Waals surface area contributed by atoms with Gasteiger partial charge in [-0.05, 0) is 18.6 Å². The minimum atomic E-state index is -2.92. The summed E-state index contributed by atoms with van der Waals surface area (Å²) in [7, 11) is 0. The molecule has 124 valence electrons. The standard InChI is InChI=1S/C16H17F2NO4/c17-16(18)23-14-4-2-11(19-10-1-3-12(20)7-10)8-15(14)22-13-5-6-21-9-13/h2,4,7-8,13,16,19H,1,3,5-6,9H2/t13-/m1/s1.